The normalized spacial score (nSPS) is 16.4. The molecule has 0 aromatic carbocycles. The summed E-state index contributed by atoms with van der Waals surface area (Å²) in [6.45, 7) is 12.4. The summed E-state index contributed by atoms with van der Waals surface area (Å²) in [6, 6.07) is 0. The molecule has 0 rings (SSSR count). The van der Waals surface area contributed by atoms with Crippen LogP contribution in [0.25, 0.3) is 0 Å². The van der Waals surface area contributed by atoms with Crippen LogP contribution in [0.5, 0.6) is 0 Å². The van der Waals surface area contributed by atoms with Crippen molar-refractivity contribution in [2.75, 3.05) is 0 Å². The average molecular weight is 149 g/mol. The van der Waals surface area contributed by atoms with Crippen LogP contribution in [-0.2, 0) is 0 Å². The third kappa shape index (κ3) is 4.89. The van der Waals surface area contributed by atoms with Gasteiger partial charge in [-0.15, -0.1) is 6.58 Å². The van der Waals surface area contributed by atoms with Crippen LogP contribution in [-0.4, -0.2) is 7.28 Å². The van der Waals surface area contributed by atoms with Crippen molar-refractivity contribution in [1.29, 1.82) is 0 Å². The highest BCUT2D eigenvalue weighted by molar-refractivity contribution is 6.41. The topological polar surface area (TPSA) is 0 Å². The molecule has 61 valence electrons. The highest BCUT2D eigenvalue weighted by Gasteiger charge is 2.07. The molecule has 0 fully saturated rings. The molecule has 0 heterocycles. The van der Waals surface area contributed by atoms with E-state index in [0.29, 0.717) is 11.6 Å². The largest absolute Gasteiger partial charge is 0.127 e. The van der Waals surface area contributed by atoms with Gasteiger partial charge in [0.15, 0.2) is 0 Å². The molecular weight excluding hydrogens is 131 g/mol. The van der Waals surface area contributed by atoms with Crippen LogP contribution < -0.4 is 0 Å². The minimum Gasteiger partial charge on any atom is -0.101 e. The third-order valence-electron chi connectivity index (χ3n) is 1.87. The summed E-state index contributed by atoms with van der Waals surface area (Å²) in [5, 5.41) is 0. The van der Waals surface area contributed by atoms with Gasteiger partial charge in [-0.25, -0.2) is 0 Å². The Balaban J connectivity index is 3.74. The first-order valence-electron chi connectivity index (χ1n) is 4.21. The molecule has 0 amide bonds. The summed E-state index contributed by atoms with van der Waals surface area (Å²) >= 11 is 0. The Hall–Kier alpha value is -0.455. The second-order valence-corrected chi connectivity index (χ2v) is 3.21. The predicted octanol–water partition coefficient (Wildman–Crippen LogP) is 3.46. The van der Waals surface area contributed by atoms with Gasteiger partial charge < -0.3 is 0 Å². The molecule has 0 aromatic rings. The molecule has 0 aliphatic heterocycles. The van der Waals surface area contributed by atoms with Crippen molar-refractivity contribution in [3.63, 3.8) is 0 Å². The first kappa shape index (κ1) is 10.5. The van der Waals surface area contributed by atoms with E-state index in [0.717, 1.165) is 0 Å². The van der Waals surface area contributed by atoms with E-state index in [2.05, 4.69) is 53.7 Å². The highest BCUT2D eigenvalue weighted by Crippen LogP contribution is 2.19. The van der Waals surface area contributed by atoms with Gasteiger partial charge in [-0.1, -0.05) is 43.2 Å². The molecule has 2 atom stereocenters. The Kier molecular flexibility index (Phi) is 5.01. The van der Waals surface area contributed by atoms with Crippen LogP contribution in [0.3, 0.4) is 0 Å². The van der Waals surface area contributed by atoms with Gasteiger partial charge in [-0.3, -0.25) is 0 Å². The summed E-state index contributed by atoms with van der Waals surface area (Å²) in [6.07, 6.45) is 4.28. The van der Waals surface area contributed by atoms with Crippen molar-refractivity contribution in [3.05, 3.63) is 24.3 Å². The van der Waals surface area contributed by atoms with E-state index in [9.17, 15) is 0 Å². The predicted molar refractivity (Wildman–Crippen MR) is 54.2 cm³/mol. The lowest BCUT2D eigenvalue weighted by Gasteiger charge is -2.12. The van der Waals surface area contributed by atoms with E-state index in [1.165, 1.54) is 5.57 Å². The fourth-order valence-corrected chi connectivity index (χ4v) is 0.987. The van der Waals surface area contributed by atoms with Gasteiger partial charge in [0.1, 0.15) is 7.28 Å². The quantitative estimate of drug-likeness (QED) is 0.424. The van der Waals surface area contributed by atoms with Crippen molar-refractivity contribution in [1.82, 2.24) is 0 Å². The van der Waals surface area contributed by atoms with Gasteiger partial charge in [-0.2, -0.15) is 0 Å². The van der Waals surface area contributed by atoms with E-state index >= 15 is 0 Å². The number of hydrogen-bond donors (Lipinski definition) is 0. The highest BCUT2D eigenvalue weighted by atomic mass is 13.9. The number of allylic oxidation sites excluding steroid dienone is 3. The molecule has 0 aromatic heterocycles. The molecule has 0 nitrogen and oxygen atoms in total. The fraction of sp³-hybridized carbons (Fsp3) is 0.600. The molecule has 0 spiro atoms. The second kappa shape index (κ2) is 5.23. The summed E-state index contributed by atoms with van der Waals surface area (Å²) in [7, 11) is 2.31. The van der Waals surface area contributed by atoms with Gasteiger partial charge in [-0.05, 0) is 13.8 Å². The van der Waals surface area contributed by atoms with Gasteiger partial charge in [0.05, 0.1) is 0 Å². The lowest BCUT2D eigenvalue weighted by molar-refractivity contribution is 1.03. The zero-order chi connectivity index (χ0) is 8.85. The first-order valence-corrected chi connectivity index (χ1v) is 4.21. The van der Waals surface area contributed by atoms with E-state index in [4.69, 9.17) is 0 Å². The van der Waals surface area contributed by atoms with Gasteiger partial charge >= 0.3 is 0 Å². The molecule has 0 aliphatic carbocycles. The fourth-order valence-electron chi connectivity index (χ4n) is 0.987. The minimum absolute atomic E-state index is 0.529. The van der Waals surface area contributed by atoms with Gasteiger partial charge in [0.25, 0.3) is 0 Å². The smallest absolute Gasteiger partial charge is 0.101 e. The SMILES string of the molecule is C=C(C)C(C)[B]C(C)/C=C/C. The average Bonchev–Trinajstić information content (AvgIpc) is 1.87. The van der Waals surface area contributed by atoms with Crippen LogP contribution in [0.15, 0.2) is 24.3 Å². The molecule has 11 heavy (non-hydrogen) atoms. The monoisotopic (exact) mass is 149 g/mol. The van der Waals surface area contributed by atoms with E-state index in [1.807, 2.05) is 0 Å². The van der Waals surface area contributed by atoms with Crippen molar-refractivity contribution < 1.29 is 0 Å². The van der Waals surface area contributed by atoms with Crippen molar-refractivity contribution in [2.24, 2.45) is 0 Å². The summed E-state index contributed by atoms with van der Waals surface area (Å²) in [4.78, 5) is 0. The minimum atomic E-state index is 0.529. The summed E-state index contributed by atoms with van der Waals surface area (Å²) in [5.74, 6) is 1.09. The maximum atomic E-state index is 3.91. The summed E-state index contributed by atoms with van der Waals surface area (Å²) < 4.78 is 0. The zero-order valence-corrected chi connectivity index (χ0v) is 8.09. The molecule has 0 N–H and O–H groups in total. The second-order valence-electron chi connectivity index (χ2n) is 3.21. The Bertz CT molecular complexity index is 147. The van der Waals surface area contributed by atoms with E-state index < -0.39 is 0 Å². The molecule has 1 radical (unpaired) electrons. The molecule has 2 unspecified atom stereocenters. The van der Waals surface area contributed by atoms with Gasteiger partial charge in [0, 0.05) is 0 Å². The standard InChI is InChI=1S/C10H18B/c1-6-7-9(4)11-10(5)8(2)3/h6-7,9-10H,2H2,1,3-5H3/b7-6+. The van der Waals surface area contributed by atoms with Crippen LogP contribution in [0.1, 0.15) is 27.7 Å². The number of hydrogen-bond acceptors (Lipinski definition) is 0. The summed E-state index contributed by atoms with van der Waals surface area (Å²) in [5.41, 5.74) is 1.24. The van der Waals surface area contributed by atoms with Crippen molar-refractivity contribution in [2.45, 2.75) is 39.3 Å². The van der Waals surface area contributed by atoms with Crippen molar-refractivity contribution >= 4 is 7.28 Å². The Labute approximate surface area is 71.6 Å². The number of rotatable bonds is 4. The van der Waals surface area contributed by atoms with Crippen LogP contribution in [0, 0.1) is 0 Å². The maximum Gasteiger partial charge on any atom is 0.127 e. The molecule has 1 heteroatoms. The lowest BCUT2D eigenvalue weighted by atomic mass is 9.54. The molecule has 0 aliphatic rings. The third-order valence-corrected chi connectivity index (χ3v) is 1.87. The molecule has 0 saturated carbocycles. The van der Waals surface area contributed by atoms with Gasteiger partial charge in [0.2, 0.25) is 0 Å². The molecule has 0 saturated heterocycles. The lowest BCUT2D eigenvalue weighted by Crippen LogP contribution is -2.04. The van der Waals surface area contributed by atoms with Crippen LogP contribution in [0.2, 0.25) is 11.6 Å². The van der Waals surface area contributed by atoms with Crippen LogP contribution in [0.4, 0.5) is 0 Å². The first-order chi connectivity index (χ1) is 5.07. The Morgan fingerprint density at radius 1 is 1.45 bits per heavy atom. The van der Waals surface area contributed by atoms with E-state index in [1.54, 1.807) is 0 Å². The Morgan fingerprint density at radius 2 is 2.00 bits per heavy atom. The Morgan fingerprint density at radius 3 is 2.36 bits per heavy atom. The molecular formula is C10H18B. The zero-order valence-electron chi connectivity index (χ0n) is 8.09. The molecule has 0 bridgehead atoms. The van der Waals surface area contributed by atoms with Crippen molar-refractivity contribution in [3.8, 4) is 0 Å². The maximum absolute atomic E-state index is 3.91. The van der Waals surface area contributed by atoms with E-state index in [-0.39, 0.29) is 0 Å². The van der Waals surface area contributed by atoms with Crippen LogP contribution >= 0.6 is 0 Å².